The van der Waals surface area contributed by atoms with Gasteiger partial charge in [0.1, 0.15) is 24.4 Å². The van der Waals surface area contributed by atoms with Gasteiger partial charge in [-0.15, -0.1) is 0 Å². The molecule has 1 saturated heterocycles. The van der Waals surface area contributed by atoms with E-state index in [0.717, 1.165) is 25.7 Å². The van der Waals surface area contributed by atoms with Gasteiger partial charge in [-0.2, -0.15) is 0 Å². The van der Waals surface area contributed by atoms with E-state index in [-0.39, 0.29) is 6.61 Å². The van der Waals surface area contributed by atoms with E-state index in [0.29, 0.717) is 12.3 Å². The Labute approximate surface area is 115 Å². The molecule has 0 aliphatic carbocycles. The minimum absolute atomic E-state index is 0.354. The number of hydrogen-bond donors (Lipinski definition) is 4. The van der Waals surface area contributed by atoms with E-state index in [1.54, 1.807) is 0 Å². The van der Waals surface area contributed by atoms with Crippen LogP contribution in [0.2, 0.25) is 0 Å². The highest BCUT2D eigenvalue weighted by molar-refractivity contribution is 4.92. The molecule has 0 bridgehead atoms. The molecule has 1 heterocycles. The third kappa shape index (κ3) is 4.39. The summed E-state index contributed by atoms with van der Waals surface area (Å²) in [5.74, 6) is 0.432. The maximum Gasteiger partial charge on any atom is 0.111 e. The first-order valence-electron chi connectivity index (χ1n) is 7.35. The lowest BCUT2D eigenvalue weighted by atomic mass is 9.86. The Morgan fingerprint density at radius 3 is 2.16 bits per heavy atom. The van der Waals surface area contributed by atoms with Gasteiger partial charge in [-0.1, -0.05) is 39.5 Å². The SMILES string of the molecule is CCCCC(CC)CC1O[C@H](CO)[C@@H](O)[C@H](O)[C@H]1O. The highest BCUT2D eigenvalue weighted by Crippen LogP contribution is 2.28. The maximum absolute atomic E-state index is 9.97. The summed E-state index contributed by atoms with van der Waals surface area (Å²) in [7, 11) is 0. The van der Waals surface area contributed by atoms with Gasteiger partial charge in [-0.3, -0.25) is 0 Å². The van der Waals surface area contributed by atoms with Gasteiger partial charge in [0.25, 0.3) is 0 Å². The van der Waals surface area contributed by atoms with Crippen molar-refractivity contribution < 1.29 is 25.2 Å². The molecule has 0 saturated carbocycles. The molecule has 0 aromatic rings. The Morgan fingerprint density at radius 1 is 1.00 bits per heavy atom. The molecule has 0 spiro atoms. The van der Waals surface area contributed by atoms with Crippen molar-refractivity contribution in [2.24, 2.45) is 5.92 Å². The molecule has 0 aromatic heterocycles. The van der Waals surface area contributed by atoms with Crippen LogP contribution in [0.3, 0.4) is 0 Å². The molecular formula is C14H28O5. The third-order valence-electron chi connectivity index (χ3n) is 4.10. The molecule has 1 aliphatic heterocycles. The molecule has 1 aliphatic rings. The molecule has 5 heteroatoms. The molecular weight excluding hydrogens is 248 g/mol. The summed E-state index contributed by atoms with van der Waals surface area (Å²) in [6, 6.07) is 0. The second-order valence-electron chi connectivity index (χ2n) is 5.52. The Balaban J connectivity index is 2.59. The first kappa shape index (κ1) is 16.9. The molecule has 4 N–H and O–H groups in total. The van der Waals surface area contributed by atoms with Crippen molar-refractivity contribution in [3.05, 3.63) is 0 Å². The summed E-state index contributed by atoms with van der Waals surface area (Å²) in [5.41, 5.74) is 0. The monoisotopic (exact) mass is 276 g/mol. The summed E-state index contributed by atoms with van der Waals surface area (Å²) >= 11 is 0. The number of ether oxygens (including phenoxy) is 1. The van der Waals surface area contributed by atoms with Crippen LogP contribution in [0.1, 0.15) is 46.0 Å². The van der Waals surface area contributed by atoms with Gasteiger partial charge in [0, 0.05) is 0 Å². The quantitative estimate of drug-likeness (QED) is 0.541. The first-order valence-corrected chi connectivity index (χ1v) is 7.35. The molecule has 114 valence electrons. The van der Waals surface area contributed by atoms with E-state index in [2.05, 4.69) is 13.8 Å². The maximum atomic E-state index is 9.97. The van der Waals surface area contributed by atoms with E-state index < -0.39 is 30.5 Å². The highest BCUT2D eigenvalue weighted by Gasteiger charge is 2.43. The Bertz CT molecular complexity index is 246. The van der Waals surface area contributed by atoms with Crippen LogP contribution in [0, 0.1) is 5.92 Å². The van der Waals surface area contributed by atoms with Crippen molar-refractivity contribution in [1.29, 1.82) is 0 Å². The van der Waals surface area contributed by atoms with Crippen molar-refractivity contribution in [3.63, 3.8) is 0 Å². The summed E-state index contributed by atoms with van der Waals surface area (Å²) in [5, 5.41) is 38.6. The number of unbranched alkanes of at least 4 members (excludes halogenated alkanes) is 1. The van der Waals surface area contributed by atoms with Crippen LogP contribution in [0.5, 0.6) is 0 Å². The number of aliphatic hydroxyl groups excluding tert-OH is 4. The van der Waals surface area contributed by atoms with Gasteiger partial charge < -0.3 is 25.2 Å². The highest BCUT2D eigenvalue weighted by atomic mass is 16.5. The van der Waals surface area contributed by atoms with Crippen LogP contribution < -0.4 is 0 Å². The zero-order valence-corrected chi connectivity index (χ0v) is 11.9. The molecule has 0 aromatic carbocycles. The van der Waals surface area contributed by atoms with Crippen LogP contribution >= 0.6 is 0 Å². The van der Waals surface area contributed by atoms with E-state index in [1.165, 1.54) is 0 Å². The van der Waals surface area contributed by atoms with Crippen molar-refractivity contribution >= 4 is 0 Å². The average Bonchev–Trinajstić information content (AvgIpc) is 2.43. The fourth-order valence-electron chi connectivity index (χ4n) is 2.68. The lowest BCUT2D eigenvalue weighted by Gasteiger charge is -2.41. The van der Waals surface area contributed by atoms with Gasteiger partial charge >= 0.3 is 0 Å². The minimum atomic E-state index is -1.25. The van der Waals surface area contributed by atoms with E-state index >= 15 is 0 Å². The van der Waals surface area contributed by atoms with E-state index in [4.69, 9.17) is 9.84 Å². The van der Waals surface area contributed by atoms with Gasteiger partial charge in [-0.05, 0) is 12.3 Å². The predicted octanol–water partition coefficient (Wildman–Crippen LogP) is 0.435. The van der Waals surface area contributed by atoms with Gasteiger partial charge in [0.05, 0.1) is 12.7 Å². The zero-order chi connectivity index (χ0) is 14.4. The first-order chi connectivity index (χ1) is 9.04. The van der Waals surface area contributed by atoms with E-state index in [9.17, 15) is 15.3 Å². The van der Waals surface area contributed by atoms with Gasteiger partial charge in [0.2, 0.25) is 0 Å². The Morgan fingerprint density at radius 2 is 1.63 bits per heavy atom. The van der Waals surface area contributed by atoms with Gasteiger partial charge in [-0.25, -0.2) is 0 Å². The van der Waals surface area contributed by atoms with Crippen LogP contribution in [0.25, 0.3) is 0 Å². The summed E-state index contributed by atoms with van der Waals surface area (Å²) in [6.07, 6.45) is 0.0836. The van der Waals surface area contributed by atoms with Crippen molar-refractivity contribution in [1.82, 2.24) is 0 Å². The molecule has 5 nitrogen and oxygen atoms in total. The predicted molar refractivity (Wildman–Crippen MR) is 71.7 cm³/mol. The van der Waals surface area contributed by atoms with E-state index in [1.807, 2.05) is 0 Å². The smallest absolute Gasteiger partial charge is 0.111 e. The molecule has 1 rings (SSSR count). The molecule has 1 fully saturated rings. The summed E-state index contributed by atoms with van der Waals surface area (Å²) < 4.78 is 5.53. The lowest BCUT2D eigenvalue weighted by molar-refractivity contribution is -0.232. The molecule has 6 atom stereocenters. The fourth-order valence-corrected chi connectivity index (χ4v) is 2.68. The Hall–Kier alpha value is -0.200. The summed E-state index contributed by atoms with van der Waals surface area (Å²) in [6.45, 7) is 3.89. The molecule has 0 amide bonds. The van der Waals surface area contributed by atoms with Crippen molar-refractivity contribution in [3.8, 4) is 0 Å². The van der Waals surface area contributed by atoms with Crippen LogP contribution in [0.15, 0.2) is 0 Å². The van der Waals surface area contributed by atoms with Crippen molar-refractivity contribution in [2.45, 2.75) is 76.5 Å². The van der Waals surface area contributed by atoms with Crippen LogP contribution in [0.4, 0.5) is 0 Å². The normalized spacial score (nSPS) is 37.3. The second-order valence-corrected chi connectivity index (χ2v) is 5.52. The zero-order valence-electron chi connectivity index (χ0n) is 11.9. The van der Waals surface area contributed by atoms with Gasteiger partial charge in [0.15, 0.2) is 0 Å². The number of rotatable bonds is 7. The second kappa shape index (κ2) is 8.17. The molecule has 2 unspecified atom stereocenters. The van der Waals surface area contributed by atoms with Crippen LogP contribution in [-0.4, -0.2) is 57.6 Å². The number of hydrogen-bond acceptors (Lipinski definition) is 5. The lowest BCUT2D eigenvalue weighted by Crippen LogP contribution is -2.58. The van der Waals surface area contributed by atoms with Crippen molar-refractivity contribution in [2.75, 3.05) is 6.61 Å². The average molecular weight is 276 g/mol. The minimum Gasteiger partial charge on any atom is -0.394 e. The largest absolute Gasteiger partial charge is 0.394 e. The Kier molecular flexibility index (Phi) is 7.25. The number of aliphatic hydroxyl groups is 4. The third-order valence-corrected chi connectivity index (χ3v) is 4.10. The molecule has 0 radical (unpaired) electrons. The van der Waals surface area contributed by atoms with Crippen LogP contribution in [-0.2, 0) is 4.74 Å². The topological polar surface area (TPSA) is 90.2 Å². The summed E-state index contributed by atoms with van der Waals surface area (Å²) in [4.78, 5) is 0. The standard InChI is InChI=1S/C14H28O5/c1-3-5-6-9(4-2)7-10-12(16)14(18)13(17)11(8-15)19-10/h9-18H,3-8H2,1-2H3/t9?,10?,11-,12+,13-,14-/m1/s1. The fraction of sp³-hybridized carbons (Fsp3) is 1.00. The molecule has 19 heavy (non-hydrogen) atoms.